The number of halogens is 2. The van der Waals surface area contributed by atoms with Gasteiger partial charge in [0.2, 0.25) is 5.91 Å². The van der Waals surface area contributed by atoms with Crippen LogP contribution in [0, 0.1) is 17.6 Å². The minimum atomic E-state index is -0.915. The van der Waals surface area contributed by atoms with E-state index in [1.165, 1.54) is 6.07 Å². The topological polar surface area (TPSA) is 82.8 Å². The number of carbonyl (C=O) groups excluding carboxylic acids is 1. The number of anilines is 2. The molecule has 2 N–H and O–H groups in total. The lowest BCUT2D eigenvalue weighted by Crippen LogP contribution is -2.32. The van der Waals surface area contributed by atoms with Crippen LogP contribution in [-0.4, -0.2) is 37.8 Å². The zero-order valence-corrected chi connectivity index (χ0v) is 19.8. The second-order valence-electron chi connectivity index (χ2n) is 9.28. The molecule has 2 aromatic heterocycles. The molecule has 1 amide bonds. The van der Waals surface area contributed by atoms with Gasteiger partial charge in [-0.2, -0.15) is 5.10 Å². The lowest BCUT2D eigenvalue weighted by Gasteiger charge is -2.27. The van der Waals surface area contributed by atoms with E-state index in [0.29, 0.717) is 54.9 Å². The summed E-state index contributed by atoms with van der Waals surface area (Å²) in [6.07, 6.45) is 6.30. The fourth-order valence-electron chi connectivity index (χ4n) is 4.57. The lowest BCUT2D eigenvalue weighted by atomic mass is 9.88. The van der Waals surface area contributed by atoms with Crippen LogP contribution in [0.4, 0.5) is 20.3 Å². The summed E-state index contributed by atoms with van der Waals surface area (Å²) in [5.41, 5.74) is 0.332. The van der Waals surface area contributed by atoms with E-state index in [4.69, 9.17) is 4.98 Å². The molecule has 1 aliphatic heterocycles. The minimum absolute atomic E-state index is 0.195. The predicted octanol–water partition coefficient (Wildman–Crippen LogP) is 4.86. The molecule has 3 unspecified atom stereocenters. The number of nitrogens with one attached hydrogen (secondary N) is 1. The van der Waals surface area contributed by atoms with Gasteiger partial charge in [-0.05, 0) is 63.3 Å². The largest absolute Gasteiger partial charge is 0.390 e. The third kappa shape index (κ3) is 4.89. The van der Waals surface area contributed by atoms with Gasteiger partial charge in [0.05, 0.1) is 17.8 Å². The molecule has 0 radical (unpaired) electrons. The first-order valence-corrected chi connectivity index (χ1v) is 11.8. The number of benzene rings is 1. The van der Waals surface area contributed by atoms with Crippen molar-refractivity contribution in [1.82, 2.24) is 14.6 Å². The molecule has 7 nitrogen and oxygen atoms in total. The van der Waals surface area contributed by atoms with Crippen LogP contribution in [0.15, 0.2) is 36.7 Å². The Hall–Kier alpha value is -3.07. The summed E-state index contributed by atoms with van der Waals surface area (Å²) < 4.78 is 29.9. The van der Waals surface area contributed by atoms with Gasteiger partial charge in [-0.25, -0.2) is 18.3 Å². The molecule has 3 heterocycles. The minimum Gasteiger partial charge on any atom is -0.390 e. The van der Waals surface area contributed by atoms with Gasteiger partial charge in [-0.3, -0.25) is 4.79 Å². The van der Waals surface area contributed by atoms with Gasteiger partial charge in [0.1, 0.15) is 23.1 Å². The molecule has 0 aliphatic carbocycles. The fourth-order valence-corrected chi connectivity index (χ4v) is 4.57. The van der Waals surface area contributed by atoms with Gasteiger partial charge in [-0.1, -0.05) is 13.8 Å². The monoisotopic (exact) mass is 471 g/mol. The number of fused-ring (bicyclic) bond motifs is 1. The number of aliphatic hydroxyl groups is 1. The molecular formula is C25H31F2N5O2. The molecule has 0 spiro atoms. The van der Waals surface area contributed by atoms with Crippen LogP contribution in [0.2, 0.25) is 0 Å². The zero-order valence-electron chi connectivity index (χ0n) is 19.8. The van der Waals surface area contributed by atoms with Gasteiger partial charge in [0.25, 0.3) is 0 Å². The average Bonchev–Trinajstić information content (AvgIpc) is 3.46. The molecule has 1 saturated heterocycles. The third-order valence-electron chi connectivity index (χ3n) is 6.79. The second-order valence-corrected chi connectivity index (χ2v) is 9.28. The summed E-state index contributed by atoms with van der Waals surface area (Å²) in [6, 6.07) is 4.98. The normalized spacial score (nSPS) is 18.8. The van der Waals surface area contributed by atoms with Crippen LogP contribution in [0.1, 0.15) is 64.5 Å². The van der Waals surface area contributed by atoms with Crippen LogP contribution in [0.3, 0.4) is 0 Å². The molecule has 182 valence electrons. The standard InChI is InChI=1S/C25H31F2N5O2/c1-4-16(14-25(3,34)5-2)24(33)29-20-15-28-32-12-10-22(30-23(20)32)31-11-6-7-21(31)18-13-17(26)8-9-19(18)27/h8-10,12-13,15-16,21,34H,4-7,11,14H2,1-3H3,(H,29,33). The van der Waals surface area contributed by atoms with Crippen molar-refractivity contribution < 1.29 is 18.7 Å². The van der Waals surface area contributed by atoms with Gasteiger partial charge in [-0.15, -0.1) is 0 Å². The highest BCUT2D eigenvalue weighted by molar-refractivity contribution is 5.95. The Morgan fingerprint density at radius 1 is 1.32 bits per heavy atom. The van der Waals surface area contributed by atoms with E-state index in [1.54, 1.807) is 29.9 Å². The van der Waals surface area contributed by atoms with Crippen molar-refractivity contribution in [2.45, 2.75) is 64.5 Å². The predicted molar refractivity (Wildman–Crippen MR) is 127 cm³/mol. The number of nitrogens with zero attached hydrogens (tertiary/aromatic N) is 4. The van der Waals surface area contributed by atoms with Gasteiger partial charge < -0.3 is 15.3 Å². The number of hydrogen-bond donors (Lipinski definition) is 2. The highest BCUT2D eigenvalue weighted by Crippen LogP contribution is 2.37. The number of rotatable bonds is 8. The van der Waals surface area contributed by atoms with Crippen LogP contribution >= 0.6 is 0 Å². The Balaban J connectivity index is 1.60. The van der Waals surface area contributed by atoms with E-state index in [0.717, 1.165) is 18.6 Å². The van der Waals surface area contributed by atoms with Crippen molar-refractivity contribution in [1.29, 1.82) is 0 Å². The van der Waals surface area contributed by atoms with Gasteiger partial charge in [0, 0.05) is 24.2 Å². The molecule has 3 atom stereocenters. The first-order valence-electron chi connectivity index (χ1n) is 11.8. The summed E-state index contributed by atoms with van der Waals surface area (Å²) >= 11 is 0. The van der Waals surface area contributed by atoms with E-state index in [2.05, 4.69) is 10.4 Å². The maximum atomic E-state index is 14.5. The summed E-state index contributed by atoms with van der Waals surface area (Å²) in [7, 11) is 0. The smallest absolute Gasteiger partial charge is 0.227 e. The number of aromatic nitrogens is 3. The summed E-state index contributed by atoms with van der Waals surface area (Å²) in [4.78, 5) is 19.6. The van der Waals surface area contributed by atoms with Crippen molar-refractivity contribution in [2.75, 3.05) is 16.8 Å². The van der Waals surface area contributed by atoms with Crippen molar-refractivity contribution in [3.8, 4) is 0 Å². The molecule has 1 fully saturated rings. The van der Waals surface area contributed by atoms with Gasteiger partial charge in [0.15, 0.2) is 5.65 Å². The zero-order chi connectivity index (χ0) is 24.5. The average molecular weight is 472 g/mol. The van der Waals surface area contributed by atoms with E-state index in [1.807, 2.05) is 18.7 Å². The molecule has 3 aromatic rings. The number of carbonyl (C=O) groups is 1. The summed E-state index contributed by atoms with van der Waals surface area (Å²) in [5, 5.41) is 17.6. The maximum absolute atomic E-state index is 14.5. The Labute approximate surface area is 197 Å². The molecule has 0 saturated carbocycles. The van der Waals surface area contributed by atoms with E-state index in [-0.39, 0.29) is 17.9 Å². The second kappa shape index (κ2) is 9.66. The molecule has 4 rings (SSSR count). The first-order chi connectivity index (χ1) is 16.2. The maximum Gasteiger partial charge on any atom is 0.227 e. The van der Waals surface area contributed by atoms with Crippen molar-refractivity contribution in [3.63, 3.8) is 0 Å². The van der Waals surface area contributed by atoms with Gasteiger partial charge >= 0.3 is 0 Å². The van der Waals surface area contributed by atoms with Crippen LogP contribution in [-0.2, 0) is 4.79 Å². The Morgan fingerprint density at radius 2 is 2.12 bits per heavy atom. The third-order valence-corrected chi connectivity index (χ3v) is 6.79. The Kier molecular flexibility index (Phi) is 6.84. The van der Waals surface area contributed by atoms with Crippen LogP contribution in [0.5, 0.6) is 0 Å². The molecule has 34 heavy (non-hydrogen) atoms. The van der Waals surface area contributed by atoms with E-state index >= 15 is 0 Å². The van der Waals surface area contributed by atoms with Crippen molar-refractivity contribution in [2.24, 2.45) is 5.92 Å². The van der Waals surface area contributed by atoms with Crippen LogP contribution < -0.4 is 10.2 Å². The molecule has 9 heteroatoms. The molecule has 1 aromatic carbocycles. The fraction of sp³-hybridized carbons (Fsp3) is 0.480. The summed E-state index contributed by atoms with van der Waals surface area (Å²) in [6.45, 7) is 6.20. The Bertz CT molecular complexity index is 1180. The molecule has 1 aliphatic rings. The number of hydrogen-bond acceptors (Lipinski definition) is 5. The summed E-state index contributed by atoms with van der Waals surface area (Å²) in [5.74, 6) is -0.855. The van der Waals surface area contributed by atoms with E-state index < -0.39 is 17.2 Å². The quantitative estimate of drug-likeness (QED) is 0.490. The first kappa shape index (κ1) is 24.1. The molecular weight excluding hydrogens is 440 g/mol. The van der Waals surface area contributed by atoms with Crippen molar-refractivity contribution >= 4 is 23.1 Å². The Morgan fingerprint density at radius 3 is 2.85 bits per heavy atom. The van der Waals surface area contributed by atoms with E-state index in [9.17, 15) is 18.7 Å². The SMILES string of the molecule is CCC(CC(C)(O)CC)C(=O)Nc1cnn2ccc(N3CCCC3c3cc(F)ccc3F)nc12. The number of amides is 1. The highest BCUT2D eigenvalue weighted by Gasteiger charge is 2.31. The highest BCUT2D eigenvalue weighted by atomic mass is 19.1. The van der Waals surface area contributed by atoms with Crippen LogP contribution in [0.25, 0.3) is 5.65 Å². The lowest BCUT2D eigenvalue weighted by molar-refractivity contribution is -0.122. The van der Waals surface area contributed by atoms with Crippen molar-refractivity contribution in [3.05, 3.63) is 53.9 Å². The molecule has 0 bridgehead atoms.